The van der Waals surface area contributed by atoms with Crippen LogP contribution in [0.4, 0.5) is 0 Å². The lowest BCUT2D eigenvalue weighted by molar-refractivity contribution is -0.134. The van der Waals surface area contributed by atoms with Gasteiger partial charge in [0.05, 0.1) is 17.8 Å². The zero-order valence-electron chi connectivity index (χ0n) is 13.9. The molecule has 3 rings (SSSR count). The highest BCUT2D eigenvalue weighted by Gasteiger charge is 2.18. The molecule has 0 aliphatic heterocycles. The Bertz CT molecular complexity index is 865. The Morgan fingerprint density at radius 1 is 0.923 bits per heavy atom. The molecule has 0 saturated heterocycles. The molecule has 0 atom stereocenters. The van der Waals surface area contributed by atoms with Gasteiger partial charge in [0, 0.05) is 11.6 Å². The predicted octanol–water partition coefficient (Wildman–Crippen LogP) is 5.19. The van der Waals surface area contributed by atoms with E-state index in [1.807, 2.05) is 24.3 Å². The highest BCUT2D eigenvalue weighted by molar-refractivity contribution is 6.32. The van der Waals surface area contributed by atoms with E-state index in [4.69, 9.17) is 32.4 Å². The van der Waals surface area contributed by atoms with Crippen LogP contribution in [-0.4, -0.2) is 17.4 Å². The second-order valence-corrected chi connectivity index (χ2v) is 6.45. The first-order valence-corrected chi connectivity index (χ1v) is 8.80. The number of hydrogen-bond acceptors (Lipinski definition) is 3. The Morgan fingerprint density at radius 2 is 1.65 bits per heavy atom. The van der Waals surface area contributed by atoms with Gasteiger partial charge in [-0.1, -0.05) is 53.5 Å². The van der Waals surface area contributed by atoms with Gasteiger partial charge < -0.3 is 14.1 Å². The van der Waals surface area contributed by atoms with Crippen molar-refractivity contribution in [2.24, 2.45) is 0 Å². The molecule has 0 N–H and O–H groups in total. The van der Waals surface area contributed by atoms with E-state index < -0.39 is 0 Å². The number of ether oxygens (including phenoxy) is 1. The molecule has 0 aliphatic rings. The minimum Gasteiger partial charge on any atom is -0.482 e. The zero-order chi connectivity index (χ0) is 18.4. The minimum atomic E-state index is -0.193. The van der Waals surface area contributed by atoms with Crippen molar-refractivity contribution in [3.05, 3.63) is 88.3 Å². The van der Waals surface area contributed by atoms with Gasteiger partial charge in [-0.3, -0.25) is 4.79 Å². The monoisotopic (exact) mass is 389 g/mol. The average molecular weight is 390 g/mol. The number of carbonyl (C=O) groups is 1. The Labute approximate surface area is 161 Å². The van der Waals surface area contributed by atoms with Crippen LogP contribution < -0.4 is 4.74 Å². The van der Waals surface area contributed by atoms with E-state index in [9.17, 15) is 4.79 Å². The molecule has 0 saturated carbocycles. The van der Waals surface area contributed by atoms with Gasteiger partial charge in [0.2, 0.25) is 0 Å². The maximum atomic E-state index is 12.7. The van der Waals surface area contributed by atoms with E-state index in [2.05, 4.69) is 0 Å². The normalized spacial score (nSPS) is 10.5. The lowest BCUT2D eigenvalue weighted by Crippen LogP contribution is -2.34. The number of amides is 1. The van der Waals surface area contributed by atoms with Gasteiger partial charge in [0.15, 0.2) is 6.61 Å². The predicted molar refractivity (Wildman–Crippen MR) is 101 cm³/mol. The summed E-state index contributed by atoms with van der Waals surface area (Å²) in [6.07, 6.45) is 1.58. The van der Waals surface area contributed by atoms with Gasteiger partial charge in [0.25, 0.3) is 5.91 Å². The fraction of sp³-hybridized carbons (Fsp3) is 0.150. The van der Waals surface area contributed by atoms with Gasteiger partial charge >= 0.3 is 0 Å². The van der Waals surface area contributed by atoms with Crippen LogP contribution in [0.3, 0.4) is 0 Å². The highest BCUT2D eigenvalue weighted by atomic mass is 35.5. The molecule has 0 bridgehead atoms. The summed E-state index contributed by atoms with van der Waals surface area (Å²) in [4.78, 5) is 14.4. The topological polar surface area (TPSA) is 42.7 Å². The summed E-state index contributed by atoms with van der Waals surface area (Å²) in [5.74, 6) is 0.961. The number of hydrogen-bond donors (Lipinski definition) is 0. The average Bonchev–Trinajstić information content (AvgIpc) is 3.15. The molecule has 4 nitrogen and oxygen atoms in total. The first-order chi connectivity index (χ1) is 12.6. The third-order valence-corrected chi connectivity index (χ3v) is 4.47. The van der Waals surface area contributed by atoms with Crippen LogP contribution in [-0.2, 0) is 17.9 Å². The van der Waals surface area contributed by atoms with Gasteiger partial charge in [-0.15, -0.1) is 0 Å². The van der Waals surface area contributed by atoms with Crippen molar-refractivity contribution < 1.29 is 13.9 Å². The van der Waals surface area contributed by atoms with Crippen LogP contribution in [0.1, 0.15) is 11.3 Å². The molecule has 3 aromatic rings. The number of benzene rings is 2. The number of rotatable bonds is 7. The quantitative estimate of drug-likeness (QED) is 0.557. The van der Waals surface area contributed by atoms with Crippen molar-refractivity contribution in [3.63, 3.8) is 0 Å². The van der Waals surface area contributed by atoms with Gasteiger partial charge in [0.1, 0.15) is 11.5 Å². The van der Waals surface area contributed by atoms with Crippen LogP contribution >= 0.6 is 23.2 Å². The fourth-order valence-corrected chi connectivity index (χ4v) is 2.83. The first kappa shape index (κ1) is 18.4. The first-order valence-electron chi connectivity index (χ1n) is 8.04. The van der Waals surface area contributed by atoms with Crippen LogP contribution in [0.25, 0.3) is 0 Å². The maximum Gasteiger partial charge on any atom is 0.261 e. The van der Waals surface area contributed by atoms with Gasteiger partial charge in [-0.2, -0.15) is 0 Å². The van der Waals surface area contributed by atoms with E-state index in [1.54, 1.807) is 47.6 Å². The largest absolute Gasteiger partial charge is 0.482 e. The summed E-state index contributed by atoms with van der Waals surface area (Å²) in [7, 11) is 0. The van der Waals surface area contributed by atoms with Crippen molar-refractivity contribution in [1.29, 1.82) is 0 Å². The maximum absolute atomic E-state index is 12.7. The molecular formula is C20H17Cl2NO3. The van der Waals surface area contributed by atoms with Crippen molar-refractivity contribution >= 4 is 29.1 Å². The molecule has 0 aliphatic carbocycles. The number of halogens is 2. The Balaban J connectivity index is 1.72. The van der Waals surface area contributed by atoms with Crippen molar-refractivity contribution in [2.75, 3.05) is 6.61 Å². The second-order valence-electron chi connectivity index (χ2n) is 5.64. The van der Waals surface area contributed by atoms with E-state index in [0.717, 1.165) is 5.56 Å². The van der Waals surface area contributed by atoms with Crippen molar-refractivity contribution in [3.8, 4) is 5.75 Å². The molecule has 134 valence electrons. The summed E-state index contributed by atoms with van der Waals surface area (Å²) in [5.41, 5.74) is 0.854. The summed E-state index contributed by atoms with van der Waals surface area (Å²) in [6, 6.07) is 18.1. The third-order valence-electron chi connectivity index (χ3n) is 3.79. The number of carbonyl (C=O) groups excluding carboxylic acids is 1. The van der Waals surface area contributed by atoms with Crippen LogP contribution in [0.5, 0.6) is 5.75 Å². The molecule has 0 radical (unpaired) electrons. The standard InChI is InChI=1S/C20H17Cl2NO3/c21-17-8-2-1-6-15(17)12-23(13-16-7-5-11-25-16)20(24)14-26-19-10-4-3-9-18(19)22/h1-11H,12-14H2. The third kappa shape index (κ3) is 4.81. The summed E-state index contributed by atoms with van der Waals surface area (Å²) < 4.78 is 11.0. The summed E-state index contributed by atoms with van der Waals surface area (Å²) >= 11 is 12.3. The zero-order valence-corrected chi connectivity index (χ0v) is 15.4. The minimum absolute atomic E-state index is 0.130. The number of nitrogens with zero attached hydrogens (tertiary/aromatic N) is 1. The van der Waals surface area contributed by atoms with Crippen LogP contribution in [0.2, 0.25) is 10.0 Å². The lowest BCUT2D eigenvalue weighted by atomic mass is 10.2. The molecule has 0 spiro atoms. The van der Waals surface area contributed by atoms with Gasteiger partial charge in [-0.05, 0) is 35.9 Å². The SMILES string of the molecule is O=C(COc1ccccc1Cl)N(Cc1ccco1)Cc1ccccc1Cl. The molecule has 1 heterocycles. The molecule has 0 unspecified atom stereocenters. The summed E-state index contributed by atoms with van der Waals surface area (Å²) in [5, 5.41) is 1.07. The number of furan rings is 1. The van der Waals surface area contributed by atoms with Gasteiger partial charge in [-0.25, -0.2) is 0 Å². The van der Waals surface area contributed by atoms with E-state index in [0.29, 0.717) is 34.6 Å². The molecule has 2 aromatic carbocycles. The highest BCUT2D eigenvalue weighted by Crippen LogP contribution is 2.23. The molecule has 26 heavy (non-hydrogen) atoms. The van der Waals surface area contributed by atoms with E-state index in [-0.39, 0.29) is 12.5 Å². The lowest BCUT2D eigenvalue weighted by Gasteiger charge is -2.22. The molecule has 1 amide bonds. The Hall–Kier alpha value is -2.43. The smallest absolute Gasteiger partial charge is 0.261 e. The van der Waals surface area contributed by atoms with E-state index in [1.165, 1.54) is 0 Å². The van der Waals surface area contributed by atoms with Crippen molar-refractivity contribution in [1.82, 2.24) is 4.90 Å². The van der Waals surface area contributed by atoms with E-state index >= 15 is 0 Å². The van der Waals surface area contributed by atoms with Crippen LogP contribution in [0, 0.1) is 0 Å². The molecule has 6 heteroatoms. The molecule has 1 aromatic heterocycles. The summed E-state index contributed by atoms with van der Waals surface area (Å²) in [6.45, 7) is 0.545. The van der Waals surface area contributed by atoms with Crippen LogP contribution in [0.15, 0.2) is 71.3 Å². The molecule has 0 fully saturated rings. The number of para-hydroxylation sites is 1. The Morgan fingerprint density at radius 3 is 2.35 bits per heavy atom. The Kier molecular flexibility index (Phi) is 6.21. The molecular weight excluding hydrogens is 373 g/mol. The second kappa shape index (κ2) is 8.79. The fourth-order valence-electron chi connectivity index (χ4n) is 2.45. The van der Waals surface area contributed by atoms with Crippen molar-refractivity contribution in [2.45, 2.75) is 13.1 Å².